The summed E-state index contributed by atoms with van der Waals surface area (Å²) >= 11 is 5.28. The fourth-order valence-electron chi connectivity index (χ4n) is 2.60. The van der Waals surface area contributed by atoms with E-state index in [1.165, 1.54) is 11.1 Å². The van der Waals surface area contributed by atoms with Gasteiger partial charge < -0.3 is 0 Å². The zero-order chi connectivity index (χ0) is 17.8. The second kappa shape index (κ2) is 7.25. The summed E-state index contributed by atoms with van der Waals surface area (Å²) in [4.78, 5) is 4.12. The molecule has 0 fully saturated rings. The van der Waals surface area contributed by atoms with Crippen LogP contribution >= 0.6 is 12.2 Å². The summed E-state index contributed by atoms with van der Waals surface area (Å²) < 4.78 is 2.03. The second-order valence-corrected chi connectivity index (χ2v) is 6.03. The first-order valence-electron chi connectivity index (χ1n) is 8.09. The average molecular weight is 357 g/mol. The zero-order valence-electron chi connectivity index (χ0n) is 13.8. The number of H-pyrrole nitrogens is 1. The second-order valence-electron chi connectivity index (χ2n) is 5.64. The Hall–Kier alpha value is -3.38. The highest BCUT2D eigenvalue weighted by molar-refractivity contribution is 7.71. The van der Waals surface area contributed by atoms with Crippen LogP contribution in [0.5, 0.6) is 0 Å². The summed E-state index contributed by atoms with van der Waals surface area (Å²) in [5.74, 6) is 0.625. The van der Waals surface area contributed by atoms with Crippen LogP contribution in [0.4, 0.5) is 0 Å². The van der Waals surface area contributed by atoms with E-state index in [1.54, 1.807) is 23.3 Å². The molecule has 0 saturated heterocycles. The summed E-state index contributed by atoms with van der Waals surface area (Å²) in [6, 6.07) is 22.2. The van der Waals surface area contributed by atoms with Crippen molar-refractivity contribution in [1.82, 2.24) is 19.9 Å². The Labute approximate surface area is 155 Å². The van der Waals surface area contributed by atoms with Gasteiger partial charge in [-0.25, -0.2) is 5.10 Å². The van der Waals surface area contributed by atoms with Gasteiger partial charge in [-0.3, -0.25) is 4.98 Å². The van der Waals surface area contributed by atoms with E-state index in [9.17, 15) is 0 Å². The van der Waals surface area contributed by atoms with Crippen LogP contribution in [-0.4, -0.2) is 26.1 Å². The van der Waals surface area contributed by atoms with Gasteiger partial charge in [0.1, 0.15) is 0 Å². The van der Waals surface area contributed by atoms with Crippen molar-refractivity contribution in [3.8, 4) is 22.5 Å². The number of nitrogens with one attached hydrogen (secondary N) is 1. The Morgan fingerprint density at radius 2 is 1.62 bits per heavy atom. The van der Waals surface area contributed by atoms with Crippen molar-refractivity contribution < 1.29 is 0 Å². The average Bonchev–Trinajstić information content (AvgIpc) is 3.08. The maximum atomic E-state index is 5.28. The molecule has 4 rings (SSSR count). The van der Waals surface area contributed by atoms with Gasteiger partial charge in [0.25, 0.3) is 0 Å². The lowest BCUT2D eigenvalue weighted by Gasteiger charge is -2.02. The fraction of sp³-hybridized carbons (Fsp3) is 0. The predicted molar refractivity (Wildman–Crippen MR) is 106 cm³/mol. The molecule has 0 radical (unpaired) electrons. The highest BCUT2D eigenvalue weighted by Crippen LogP contribution is 2.19. The largest absolute Gasteiger partial charge is 0.264 e. The number of rotatable bonds is 4. The van der Waals surface area contributed by atoms with Crippen LogP contribution in [0.2, 0.25) is 0 Å². The third-order valence-electron chi connectivity index (χ3n) is 3.91. The molecule has 0 atom stereocenters. The van der Waals surface area contributed by atoms with E-state index >= 15 is 0 Å². The van der Waals surface area contributed by atoms with Crippen LogP contribution in [0, 0.1) is 4.77 Å². The Balaban J connectivity index is 1.61. The summed E-state index contributed by atoms with van der Waals surface area (Å²) in [5.41, 5.74) is 4.17. The molecule has 26 heavy (non-hydrogen) atoms. The molecule has 0 unspecified atom stereocenters. The van der Waals surface area contributed by atoms with Crippen LogP contribution in [0.3, 0.4) is 0 Å². The molecule has 6 heteroatoms. The monoisotopic (exact) mass is 357 g/mol. The highest BCUT2D eigenvalue weighted by atomic mass is 32.1. The van der Waals surface area contributed by atoms with Gasteiger partial charge in [-0.05, 0) is 41.0 Å². The highest BCUT2D eigenvalue weighted by Gasteiger charge is 2.07. The van der Waals surface area contributed by atoms with Crippen molar-refractivity contribution >= 4 is 18.4 Å². The maximum Gasteiger partial charge on any atom is 0.216 e. The standard InChI is InChI=1S/C20H15N5S/c26-20-24-23-19(18-7-4-12-21-14-18)25(20)22-13-15-8-10-17(11-9-15)16-5-2-1-3-6-16/h1-14H,(H,24,26)/b22-13-. The molecule has 4 aromatic rings. The molecule has 5 nitrogen and oxygen atoms in total. The summed E-state index contributed by atoms with van der Waals surface area (Å²) in [6.07, 6.45) is 5.21. The summed E-state index contributed by atoms with van der Waals surface area (Å²) in [7, 11) is 0. The topological polar surface area (TPSA) is 58.9 Å². The Kier molecular flexibility index (Phi) is 4.49. The van der Waals surface area contributed by atoms with E-state index < -0.39 is 0 Å². The van der Waals surface area contributed by atoms with E-state index in [1.807, 2.05) is 42.5 Å². The molecule has 0 amide bonds. The van der Waals surface area contributed by atoms with Crippen molar-refractivity contribution in [2.45, 2.75) is 0 Å². The third kappa shape index (κ3) is 3.36. The molecule has 0 saturated carbocycles. The van der Waals surface area contributed by atoms with Crippen molar-refractivity contribution in [2.75, 3.05) is 0 Å². The number of hydrogen-bond acceptors (Lipinski definition) is 4. The smallest absolute Gasteiger partial charge is 0.216 e. The lowest BCUT2D eigenvalue weighted by molar-refractivity contribution is 0.871. The van der Waals surface area contributed by atoms with Gasteiger partial charge >= 0.3 is 0 Å². The van der Waals surface area contributed by atoms with Gasteiger partial charge in [-0.2, -0.15) is 14.9 Å². The lowest BCUT2D eigenvalue weighted by atomic mass is 10.0. The number of hydrogen-bond donors (Lipinski definition) is 1. The summed E-state index contributed by atoms with van der Waals surface area (Å²) in [5, 5.41) is 11.5. The molecule has 2 heterocycles. The van der Waals surface area contributed by atoms with Gasteiger partial charge in [0, 0.05) is 18.0 Å². The van der Waals surface area contributed by atoms with E-state index in [2.05, 4.69) is 44.5 Å². The molecule has 0 spiro atoms. The van der Waals surface area contributed by atoms with Crippen LogP contribution in [0.1, 0.15) is 5.56 Å². The van der Waals surface area contributed by atoms with Crippen molar-refractivity contribution in [2.24, 2.45) is 5.10 Å². The predicted octanol–water partition coefficient (Wildman–Crippen LogP) is 4.55. The molecule has 2 aromatic carbocycles. The van der Waals surface area contributed by atoms with Gasteiger partial charge in [0.05, 0.1) is 6.21 Å². The van der Waals surface area contributed by atoms with E-state index in [4.69, 9.17) is 12.2 Å². The molecular weight excluding hydrogens is 342 g/mol. The van der Waals surface area contributed by atoms with Crippen molar-refractivity contribution in [3.05, 3.63) is 89.5 Å². The third-order valence-corrected chi connectivity index (χ3v) is 4.17. The molecule has 0 aliphatic rings. The quantitative estimate of drug-likeness (QED) is 0.430. The molecule has 0 aliphatic heterocycles. The zero-order valence-corrected chi connectivity index (χ0v) is 14.6. The summed E-state index contributed by atoms with van der Waals surface area (Å²) in [6.45, 7) is 0. The van der Waals surface area contributed by atoms with E-state index in [-0.39, 0.29) is 0 Å². The first-order valence-corrected chi connectivity index (χ1v) is 8.50. The molecule has 0 bridgehead atoms. The molecule has 126 valence electrons. The minimum absolute atomic E-state index is 0.431. The SMILES string of the molecule is S=c1[nH]nc(-c2cccnc2)n1/N=C\c1ccc(-c2ccccc2)cc1. The molecule has 1 N–H and O–H groups in total. The number of nitrogens with zero attached hydrogens (tertiary/aromatic N) is 4. The minimum Gasteiger partial charge on any atom is -0.264 e. The fourth-order valence-corrected chi connectivity index (χ4v) is 2.78. The van der Waals surface area contributed by atoms with Crippen LogP contribution in [-0.2, 0) is 0 Å². The van der Waals surface area contributed by atoms with Gasteiger partial charge in [0.2, 0.25) is 4.77 Å². The van der Waals surface area contributed by atoms with Crippen LogP contribution in [0.15, 0.2) is 84.2 Å². The van der Waals surface area contributed by atoms with Gasteiger partial charge in [0.15, 0.2) is 5.82 Å². The number of aromatic amines is 1. The normalized spacial score (nSPS) is 11.1. The molecule has 2 aromatic heterocycles. The van der Waals surface area contributed by atoms with Crippen LogP contribution in [0.25, 0.3) is 22.5 Å². The van der Waals surface area contributed by atoms with Crippen LogP contribution < -0.4 is 0 Å². The van der Waals surface area contributed by atoms with Gasteiger partial charge in [-0.1, -0.05) is 54.6 Å². The Bertz CT molecular complexity index is 1080. The van der Waals surface area contributed by atoms with Crippen molar-refractivity contribution in [3.63, 3.8) is 0 Å². The first-order chi connectivity index (χ1) is 12.8. The lowest BCUT2D eigenvalue weighted by Crippen LogP contribution is -1.95. The van der Waals surface area contributed by atoms with Crippen molar-refractivity contribution in [1.29, 1.82) is 0 Å². The maximum absolute atomic E-state index is 5.28. The Morgan fingerprint density at radius 3 is 2.35 bits per heavy atom. The minimum atomic E-state index is 0.431. The number of benzene rings is 2. The van der Waals surface area contributed by atoms with E-state index in [0.717, 1.165) is 11.1 Å². The number of aromatic nitrogens is 4. The van der Waals surface area contributed by atoms with E-state index in [0.29, 0.717) is 10.6 Å². The number of pyridine rings is 1. The van der Waals surface area contributed by atoms with Gasteiger partial charge in [-0.15, -0.1) is 0 Å². The molecule has 0 aliphatic carbocycles. The first kappa shape index (κ1) is 16.1. The Morgan fingerprint density at radius 1 is 0.885 bits per heavy atom. The molecular formula is C20H15N5S.